The van der Waals surface area contributed by atoms with Crippen LogP contribution in [0, 0.1) is 6.92 Å². The van der Waals surface area contributed by atoms with Gasteiger partial charge < -0.3 is 14.6 Å². The van der Waals surface area contributed by atoms with Crippen LogP contribution in [0.25, 0.3) is 5.65 Å². The summed E-state index contributed by atoms with van der Waals surface area (Å²) in [5.41, 5.74) is 3.49. The van der Waals surface area contributed by atoms with E-state index in [1.54, 1.807) is 6.20 Å². The van der Waals surface area contributed by atoms with Gasteiger partial charge in [0.2, 0.25) is 0 Å². The molecule has 1 aliphatic rings. The maximum atomic E-state index is 13.1. The van der Waals surface area contributed by atoms with E-state index < -0.39 is 0 Å². The lowest BCUT2D eigenvalue weighted by atomic mass is 10.1. The van der Waals surface area contributed by atoms with E-state index in [4.69, 9.17) is 0 Å². The predicted molar refractivity (Wildman–Crippen MR) is 96.7 cm³/mol. The summed E-state index contributed by atoms with van der Waals surface area (Å²) in [7, 11) is 1.85. The van der Waals surface area contributed by atoms with Crippen molar-refractivity contribution in [2.45, 2.75) is 25.8 Å². The molecular formula is C19H21N5O. The largest absolute Gasteiger partial charge is 0.373 e. The molecule has 128 valence electrons. The molecule has 0 spiro atoms. The van der Waals surface area contributed by atoms with Crippen molar-refractivity contribution < 1.29 is 4.79 Å². The average Bonchev–Trinajstić information content (AvgIpc) is 3.29. The van der Waals surface area contributed by atoms with Gasteiger partial charge >= 0.3 is 0 Å². The van der Waals surface area contributed by atoms with Gasteiger partial charge in [-0.15, -0.1) is 0 Å². The number of hydrogen-bond donors (Lipinski definition) is 1. The molecule has 0 bridgehead atoms. The van der Waals surface area contributed by atoms with Gasteiger partial charge in [-0.05, 0) is 49.6 Å². The molecule has 3 aromatic rings. The lowest BCUT2D eigenvalue weighted by Crippen LogP contribution is -2.30. The highest BCUT2D eigenvalue weighted by molar-refractivity contribution is 5.93. The molecule has 0 aliphatic carbocycles. The molecular weight excluding hydrogens is 314 g/mol. The standard InChI is InChI=1S/C19H21N5O/c1-13-5-3-7-18-22-15(12-24(13)18)19(25)23-10-4-6-16(23)14-8-9-21-17(11-14)20-2/h3,5,7-9,11-12,16H,4,6,10H2,1-2H3,(H,20,21). The zero-order valence-corrected chi connectivity index (χ0v) is 14.4. The van der Waals surface area contributed by atoms with Gasteiger partial charge in [0, 0.05) is 31.7 Å². The van der Waals surface area contributed by atoms with Crippen LogP contribution in [-0.2, 0) is 0 Å². The summed E-state index contributed by atoms with van der Waals surface area (Å²) in [4.78, 5) is 23.8. The lowest BCUT2D eigenvalue weighted by Gasteiger charge is -2.24. The summed E-state index contributed by atoms with van der Waals surface area (Å²) in [6.07, 6.45) is 5.59. The Morgan fingerprint density at radius 2 is 2.20 bits per heavy atom. The molecule has 6 heteroatoms. The number of hydrogen-bond acceptors (Lipinski definition) is 4. The van der Waals surface area contributed by atoms with E-state index >= 15 is 0 Å². The Morgan fingerprint density at radius 1 is 1.32 bits per heavy atom. The van der Waals surface area contributed by atoms with Gasteiger partial charge in [0.05, 0.1) is 6.04 Å². The van der Waals surface area contributed by atoms with Gasteiger partial charge in [-0.2, -0.15) is 0 Å². The number of anilines is 1. The molecule has 1 N–H and O–H groups in total. The number of aryl methyl sites for hydroxylation is 1. The van der Waals surface area contributed by atoms with E-state index in [-0.39, 0.29) is 11.9 Å². The van der Waals surface area contributed by atoms with E-state index in [0.717, 1.165) is 42.1 Å². The lowest BCUT2D eigenvalue weighted by molar-refractivity contribution is 0.0730. The average molecular weight is 335 g/mol. The molecule has 0 radical (unpaired) electrons. The summed E-state index contributed by atoms with van der Waals surface area (Å²) < 4.78 is 1.96. The highest BCUT2D eigenvalue weighted by Crippen LogP contribution is 2.33. The van der Waals surface area contributed by atoms with E-state index in [0.29, 0.717) is 5.69 Å². The Kier molecular flexibility index (Phi) is 3.87. The second-order valence-electron chi connectivity index (χ2n) is 6.40. The first-order valence-corrected chi connectivity index (χ1v) is 8.57. The minimum Gasteiger partial charge on any atom is -0.373 e. The van der Waals surface area contributed by atoms with Crippen LogP contribution in [0.5, 0.6) is 0 Å². The second kappa shape index (κ2) is 6.20. The maximum Gasteiger partial charge on any atom is 0.274 e. The number of carbonyl (C=O) groups excluding carboxylic acids is 1. The fraction of sp³-hybridized carbons (Fsp3) is 0.316. The SMILES string of the molecule is CNc1cc(C2CCCN2C(=O)c2cn3c(C)cccc3n2)ccn1. The van der Waals surface area contributed by atoms with Crippen molar-refractivity contribution in [2.24, 2.45) is 0 Å². The number of aromatic nitrogens is 3. The van der Waals surface area contributed by atoms with Gasteiger partial charge in [0.15, 0.2) is 0 Å². The van der Waals surface area contributed by atoms with Crippen molar-refractivity contribution in [3.8, 4) is 0 Å². The summed E-state index contributed by atoms with van der Waals surface area (Å²) in [6, 6.07) is 9.98. The molecule has 1 unspecified atom stereocenters. The third-order valence-corrected chi connectivity index (χ3v) is 4.85. The van der Waals surface area contributed by atoms with Crippen molar-refractivity contribution in [3.05, 3.63) is 59.7 Å². The van der Waals surface area contributed by atoms with Crippen LogP contribution in [0.2, 0.25) is 0 Å². The topological polar surface area (TPSA) is 62.5 Å². The fourth-order valence-electron chi connectivity index (χ4n) is 3.55. The number of carbonyl (C=O) groups is 1. The molecule has 25 heavy (non-hydrogen) atoms. The summed E-state index contributed by atoms with van der Waals surface area (Å²) >= 11 is 0. The molecule has 0 saturated carbocycles. The summed E-state index contributed by atoms with van der Waals surface area (Å²) in [6.45, 7) is 2.77. The van der Waals surface area contributed by atoms with Crippen LogP contribution in [0.3, 0.4) is 0 Å². The third-order valence-electron chi connectivity index (χ3n) is 4.85. The monoisotopic (exact) mass is 335 g/mol. The molecule has 1 atom stereocenters. The quantitative estimate of drug-likeness (QED) is 0.799. The molecule has 1 saturated heterocycles. The number of likely N-dealkylation sites (tertiary alicyclic amines) is 1. The fourth-order valence-corrected chi connectivity index (χ4v) is 3.55. The number of rotatable bonds is 3. The van der Waals surface area contributed by atoms with Gasteiger partial charge in [-0.3, -0.25) is 4.79 Å². The zero-order valence-electron chi connectivity index (χ0n) is 14.4. The Bertz CT molecular complexity index is 932. The minimum absolute atomic E-state index is 0.00609. The number of amides is 1. The van der Waals surface area contributed by atoms with E-state index in [9.17, 15) is 4.79 Å². The van der Waals surface area contributed by atoms with Crippen LogP contribution in [-0.4, -0.2) is 38.8 Å². The Balaban J connectivity index is 1.66. The normalized spacial score (nSPS) is 17.2. The Labute approximate surface area is 146 Å². The molecule has 3 aromatic heterocycles. The van der Waals surface area contributed by atoms with E-state index in [2.05, 4.69) is 15.3 Å². The number of pyridine rings is 2. The smallest absolute Gasteiger partial charge is 0.274 e. The minimum atomic E-state index is -0.00609. The van der Waals surface area contributed by atoms with Gasteiger partial charge in [0.25, 0.3) is 5.91 Å². The van der Waals surface area contributed by atoms with E-state index in [1.807, 2.05) is 59.8 Å². The molecule has 4 rings (SSSR count). The number of nitrogens with one attached hydrogen (secondary N) is 1. The first-order valence-electron chi connectivity index (χ1n) is 8.57. The van der Waals surface area contributed by atoms with Crippen molar-refractivity contribution in [2.75, 3.05) is 18.9 Å². The zero-order chi connectivity index (χ0) is 17.4. The van der Waals surface area contributed by atoms with Crippen LogP contribution < -0.4 is 5.32 Å². The van der Waals surface area contributed by atoms with E-state index in [1.165, 1.54) is 0 Å². The van der Waals surface area contributed by atoms with Gasteiger partial charge in [-0.25, -0.2) is 9.97 Å². The number of fused-ring (bicyclic) bond motifs is 1. The highest BCUT2D eigenvalue weighted by Gasteiger charge is 2.32. The molecule has 6 nitrogen and oxygen atoms in total. The Hall–Kier alpha value is -2.89. The van der Waals surface area contributed by atoms with Crippen LogP contribution >= 0.6 is 0 Å². The molecule has 1 amide bonds. The molecule has 4 heterocycles. The molecule has 1 fully saturated rings. The first-order chi connectivity index (χ1) is 12.2. The van der Waals surface area contributed by atoms with Crippen molar-refractivity contribution in [3.63, 3.8) is 0 Å². The van der Waals surface area contributed by atoms with Crippen molar-refractivity contribution in [1.82, 2.24) is 19.3 Å². The van der Waals surface area contributed by atoms with Crippen LogP contribution in [0.15, 0.2) is 42.7 Å². The van der Waals surface area contributed by atoms with Crippen molar-refractivity contribution >= 4 is 17.4 Å². The van der Waals surface area contributed by atoms with Crippen LogP contribution in [0.1, 0.15) is 40.6 Å². The molecule has 0 aromatic carbocycles. The number of imidazole rings is 1. The maximum absolute atomic E-state index is 13.1. The van der Waals surface area contributed by atoms with Gasteiger partial charge in [0.1, 0.15) is 17.2 Å². The van der Waals surface area contributed by atoms with Gasteiger partial charge in [-0.1, -0.05) is 6.07 Å². The highest BCUT2D eigenvalue weighted by atomic mass is 16.2. The van der Waals surface area contributed by atoms with Crippen LogP contribution in [0.4, 0.5) is 5.82 Å². The summed E-state index contributed by atoms with van der Waals surface area (Å²) in [5.74, 6) is 0.813. The molecule has 1 aliphatic heterocycles. The second-order valence-corrected chi connectivity index (χ2v) is 6.40. The number of nitrogens with zero attached hydrogens (tertiary/aromatic N) is 4. The Morgan fingerprint density at radius 3 is 3.00 bits per heavy atom. The third kappa shape index (κ3) is 2.73. The summed E-state index contributed by atoms with van der Waals surface area (Å²) in [5, 5.41) is 3.06. The first kappa shape index (κ1) is 15.6. The predicted octanol–water partition coefficient (Wildman–Crippen LogP) is 3.06. The van der Waals surface area contributed by atoms with Crippen molar-refractivity contribution in [1.29, 1.82) is 0 Å².